The summed E-state index contributed by atoms with van der Waals surface area (Å²) in [6.45, 7) is 9.35. The van der Waals surface area contributed by atoms with Gasteiger partial charge in [0.15, 0.2) is 0 Å². The molecule has 1 aromatic rings. The van der Waals surface area contributed by atoms with Gasteiger partial charge in [-0.15, -0.1) is 0 Å². The zero-order chi connectivity index (χ0) is 17.6. The van der Waals surface area contributed by atoms with Crippen molar-refractivity contribution >= 4 is 11.6 Å². The maximum Gasteiger partial charge on any atom is 0.256 e. The van der Waals surface area contributed by atoms with Gasteiger partial charge in [-0.2, -0.15) is 0 Å². The van der Waals surface area contributed by atoms with Crippen LogP contribution in [0.3, 0.4) is 0 Å². The maximum atomic E-state index is 12.9. The molecule has 0 bridgehead atoms. The summed E-state index contributed by atoms with van der Waals surface area (Å²) in [5, 5.41) is 3.00. The van der Waals surface area contributed by atoms with E-state index in [-0.39, 0.29) is 5.91 Å². The highest BCUT2D eigenvalue weighted by atomic mass is 16.5. The number of ether oxygens (including phenoxy) is 2. The highest BCUT2D eigenvalue weighted by Gasteiger charge is 2.42. The van der Waals surface area contributed by atoms with Crippen molar-refractivity contribution in [3.05, 3.63) is 17.8 Å². The second-order valence-corrected chi connectivity index (χ2v) is 6.76. The molecule has 1 amide bonds. The Labute approximate surface area is 145 Å². The Hall–Kier alpha value is -1.62. The lowest BCUT2D eigenvalue weighted by molar-refractivity contribution is -0.147. The molecule has 1 saturated carbocycles. The van der Waals surface area contributed by atoms with E-state index in [1.54, 1.807) is 6.20 Å². The molecule has 0 aromatic carbocycles. The number of carbonyl (C=O) groups is 1. The quantitative estimate of drug-likeness (QED) is 0.815. The van der Waals surface area contributed by atoms with E-state index in [1.165, 1.54) is 0 Å². The van der Waals surface area contributed by atoms with E-state index in [9.17, 15) is 4.79 Å². The number of amides is 1. The van der Waals surface area contributed by atoms with Gasteiger partial charge in [-0.05, 0) is 57.9 Å². The first-order valence-corrected chi connectivity index (χ1v) is 9.05. The van der Waals surface area contributed by atoms with Gasteiger partial charge in [-0.3, -0.25) is 4.79 Å². The first kappa shape index (κ1) is 18.7. The molecule has 1 aliphatic carbocycles. The summed E-state index contributed by atoms with van der Waals surface area (Å²) >= 11 is 0. The number of aryl methyl sites for hydroxylation is 1. The number of pyridine rings is 1. The van der Waals surface area contributed by atoms with Crippen molar-refractivity contribution < 1.29 is 14.3 Å². The third-order valence-corrected chi connectivity index (χ3v) is 4.65. The Morgan fingerprint density at radius 3 is 2.67 bits per heavy atom. The molecule has 1 fully saturated rings. The van der Waals surface area contributed by atoms with E-state index in [0.717, 1.165) is 37.7 Å². The standard InChI is InChI=1S/C19H30N2O3/c1-5-11-24-19(9-7-14(3)8-10-19)18(22)21-16-12-15(4)17(20-13-16)23-6-2/h12-14H,5-11H2,1-4H3,(H,21,22). The van der Waals surface area contributed by atoms with Crippen LogP contribution in [0.1, 0.15) is 58.4 Å². The van der Waals surface area contributed by atoms with E-state index >= 15 is 0 Å². The maximum absolute atomic E-state index is 12.9. The zero-order valence-corrected chi connectivity index (χ0v) is 15.4. The van der Waals surface area contributed by atoms with Crippen molar-refractivity contribution in [1.29, 1.82) is 0 Å². The molecule has 5 nitrogen and oxygen atoms in total. The number of carbonyl (C=O) groups excluding carboxylic acids is 1. The van der Waals surface area contributed by atoms with Gasteiger partial charge >= 0.3 is 0 Å². The molecule has 0 aliphatic heterocycles. The van der Waals surface area contributed by atoms with Crippen LogP contribution in [-0.4, -0.2) is 29.7 Å². The topological polar surface area (TPSA) is 60.5 Å². The van der Waals surface area contributed by atoms with Crippen LogP contribution in [-0.2, 0) is 9.53 Å². The van der Waals surface area contributed by atoms with Crippen LogP contribution in [0.5, 0.6) is 5.88 Å². The SMILES string of the molecule is CCCOC1(C(=O)Nc2cnc(OCC)c(C)c2)CCC(C)CC1. The molecule has 1 heterocycles. The van der Waals surface area contributed by atoms with Crippen LogP contribution in [0.4, 0.5) is 5.69 Å². The van der Waals surface area contributed by atoms with Crippen LogP contribution < -0.4 is 10.1 Å². The third-order valence-electron chi connectivity index (χ3n) is 4.65. The second kappa shape index (κ2) is 8.47. The lowest BCUT2D eigenvalue weighted by atomic mass is 9.78. The predicted molar refractivity (Wildman–Crippen MR) is 95.4 cm³/mol. The largest absolute Gasteiger partial charge is 0.478 e. The number of hydrogen-bond donors (Lipinski definition) is 1. The van der Waals surface area contributed by atoms with Crippen LogP contribution in [0.15, 0.2) is 12.3 Å². The first-order chi connectivity index (χ1) is 11.5. The van der Waals surface area contributed by atoms with E-state index in [0.29, 0.717) is 30.7 Å². The monoisotopic (exact) mass is 334 g/mol. The first-order valence-electron chi connectivity index (χ1n) is 9.05. The Balaban J connectivity index is 2.11. The average Bonchev–Trinajstić information content (AvgIpc) is 2.57. The van der Waals surface area contributed by atoms with Crippen molar-refractivity contribution in [3.63, 3.8) is 0 Å². The van der Waals surface area contributed by atoms with Gasteiger partial charge in [0.2, 0.25) is 5.88 Å². The lowest BCUT2D eigenvalue weighted by Gasteiger charge is -2.37. The van der Waals surface area contributed by atoms with Crippen molar-refractivity contribution in [1.82, 2.24) is 4.98 Å². The molecule has 0 atom stereocenters. The van der Waals surface area contributed by atoms with Gasteiger partial charge in [0.25, 0.3) is 5.91 Å². The number of nitrogens with one attached hydrogen (secondary N) is 1. The number of hydrogen-bond acceptors (Lipinski definition) is 4. The smallest absolute Gasteiger partial charge is 0.256 e. The molecule has 1 N–H and O–H groups in total. The average molecular weight is 334 g/mol. The van der Waals surface area contributed by atoms with E-state index in [1.807, 2.05) is 19.9 Å². The fourth-order valence-corrected chi connectivity index (χ4v) is 3.13. The molecule has 134 valence electrons. The van der Waals surface area contributed by atoms with Gasteiger partial charge in [0, 0.05) is 12.2 Å². The molecule has 0 spiro atoms. The van der Waals surface area contributed by atoms with Gasteiger partial charge in [0.05, 0.1) is 18.5 Å². The highest BCUT2D eigenvalue weighted by Crippen LogP contribution is 2.36. The summed E-state index contributed by atoms with van der Waals surface area (Å²) < 4.78 is 11.5. The van der Waals surface area contributed by atoms with Crippen molar-refractivity contribution in [2.24, 2.45) is 5.92 Å². The van der Waals surface area contributed by atoms with Crippen molar-refractivity contribution in [2.75, 3.05) is 18.5 Å². The highest BCUT2D eigenvalue weighted by molar-refractivity contribution is 5.97. The molecule has 2 rings (SSSR count). The minimum Gasteiger partial charge on any atom is -0.478 e. The minimum absolute atomic E-state index is 0.0480. The number of nitrogens with zero attached hydrogens (tertiary/aromatic N) is 1. The predicted octanol–water partition coefficient (Wildman–Crippen LogP) is 4.10. The Kier molecular flexibility index (Phi) is 6.60. The van der Waals surface area contributed by atoms with Crippen LogP contribution in [0.2, 0.25) is 0 Å². The molecular weight excluding hydrogens is 304 g/mol. The summed E-state index contributed by atoms with van der Waals surface area (Å²) in [5.41, 5.74) is 0.907. The molecule has 5 heteroatoms. The van der Waals surface area contributed by atoms with E-state index < -0.39 is 5.60 Å². The molecule has 1 aromatic heterocycles. The molecule has 1 aliphatic rings. The van der Waals surface area contributed by atoms with Crippen molar-refractivity contribution in [2.45, 2.75) is 65.4 Å². The second-order valence-electron chi connectivity index (χ2n) is 6.76. The van der Waals surface area contributed by atoms with Gasteiger partial charge in [-0.25, -0.2) is 4.98 Å². The number of aromatic nitrogens is 1. The summed E-state index contributed by atoms with van der Waals surface area (Å²) in [6.07, 6.45) is 6.17. The summed E-state index contributed by atoms with van der Waals surface area (Å²) in [4.78, 5) is 17.2. The zero-order valence-electron chi connectivity index (χ0n) is 15.4. The van der Waals surface area contributed by atoms with Gasteiger partial charge < -0.3 is 14.8 Å². The minimum atomic E-state index is -0.699. The molecule has 24 heavy (non-hydrogen) atoms. The Morgan fingerprint density at radius 1 is 1.38 bits per heavy atom. The molecular formula is C19H30N2O3. The van der Waals surface area contributed by atoms with Crippen LogP contribution >= 0.6 is 0 Å². The van der Waals surface area contributed by atoms with Crippen LogP contribution in [0, 0.1) is 12.8 Å². The van der Waals surface area contributed by atoms with Gasteiger partial charge in [-0.1, -0.05) is 13.8 Å². The van der Waals surface area contributed by atoms with Gasteiger partial charge in [0.1, 0.15) is 5.60 Å². The van der Waals surface area contributed by atoms with E-state index in [2.05, 4.69) is 24.1 Å². The fraction of sp³-hybridized carbons (Fsp3) is 0.684. The summed E-state index contributed by atoms with van der Waals surface area (Å²) in [5.74, 6) is 1.22. The molecule has 0 saturated heterocycles. The van der Waals surface area contributed by atoms with Crippen molar-refractivity contribution in [3.8, 4) is 5.88 Å². The Morgan fingerprint density at radius 2 is 2.08 bits per heavy atom. The summed E-state index contributed by atoms with van der Waals surface area (Å²) in [7, 11) is 0. The number of rotatable bonds is 7. The normalized spacial score (nSPS) is 23.8. The van der Waals surface area contributed by atoms with Crippen LogP contribution in [0.25, 0.3) is 0 Å². The molecule has 0 unspecified atom stereocenters. The van der Waals surface area contributed by atoms with E-state index in [4.69, 9.17) is 9.47 Å². The third kappa shape index (κ3) is 4.47. The Bertz CT molecular complexity index is 546. The lowest BCUT2D eigenvalue weighted by Crippen LogP contribution is -2.48. The summed E-state index contributed by atoms with van der Waals surface area (Å²) in [6, 6.07) is 1.90. The number of anilines is 1. The molecule has 0 radical (unpaired) electrons. The fourth-order valence-electron chi connectivity index (χ4n) is 3.13.